The molecule has 23 heavy (non-hydrogen) atoms. The van der Waals surface area contributed by atoms with Gasteiger partial charge in [-0.1, -0.05) is 12.1 Å². The van der Waals surface area contributed by atoms with Crippen LogP contribution in [0.25, 0.3) is 11.4 Å². The predicted molar refractivity (Wildman–Crippen MR) is 84.9 cm³/mol. The molecule has 1 heterocycles. The Morgan fingerprint density at radius 2 is 1.96 bits per heavy atom. The second kappa shape index (κ2) is 6.24. The van der Waals surface area contributed by atoms with E-state index in [0.717, 1.165) is 35.6 Å². The quantitative estimate of drug-likeness (QED) is 0.828. The summed E-state index contributed by atoms with van der Waals surface area (Å²) in [7, 11) is 0. The smallest absolute Gasteiger partial charge is 0.338 e. The Morgan fingerprint density at radius 1 is 1.26 bits per heavy atom. The maximum atomic E-state index is 11.9. The number of imidazole rings is 1. The maximum absolute atomic E-state index is 11.9. The largest absolute Gasteiger partial charge is 0.452 e. The van der Waals surface area contributed by atoms with Crippen LogP contribution in [0.15, 0.2) is 24.3 Å². The fraction of sp³-hybridized carbons (Fsp3) is 0.353. The van der Waals surface area contributed by atoms with Crippen LogP contribution in [0.3, 0.4) is 0 Å². The van der Waals surface area contributed by atoms with Gasteiger partial charge in [0.25, 0.3) is 5.91 Å². The van der Waals surface area contributed by atoms with Crippen molar-refractivity contribution in [2.75, 3.05) is 6.61 Å². The zero-order valence-electron chi connectivity index (χ0n) is 13.2. The third kappa shape index (κ3) is 3.77. The van der Waals surface area contributed by atoms with Crippen LogP contribution < -0.4 is 5.32 Å². The molecule has 120 valence electrons. The van der Waals surface area contributed by atoms with Crippen molar-refractivity contribution in [2.45, 2.75) is 32.7 Å². The highest BCUT2D eigenvalue weighted by Crippen LogP contribution is 2.19. The standard InChI is InChI=1S/C17H19N3O3/c1-10-11(2)19-16(18-10)12-3-5-13(6-4-12)17(22)23-9-15(21)20-14-7-8-14/h3-6,14H,7-9H2,1-2H3,(H,18,19)(H,20,21). The van der Waals surface area contributed by atoms with E-state index in [1.165, 1.54) is 0 Å². The number of aromatic amines is 1. The number of aryl methyl sites for hydroxylation is 2. The number of aromatic nitrogens is 2. The molecule has 6 nitrogen and oxygen atoms in total. The number of carbonyl (C=O) groups is 2. The minimum Gasteiger partial charge on any atom is -0.452 e. The van der Waals surface area contributed by atoms with E-state index >= 15 is 0 Å². The van der Waals surface area contributed by atoms with Gasteiger partial charge < -0.3 is 15.0 Å². The lowest BCUT2D eigenvalue weighted by atomic mass is 10.1. The molecule has 0 spiro atoms. The highest BCUT2D eigenvalue weighted by molar-refractivity contribution is 5.91. The molecule has 3 rings (SSSR count). The van der Waals surface area contributed by atoms with Gasteiger partial charge in [-0.2, -0.15) is 0 Å². The van der Waals surface area contributed by atoms with Crippen molar-refractivity contribution in [3.8, 4) is 11.4 Å². The number of hydrogen-bond acceptors (Lipinski definition) is 4. The number of carbonyl (C=O) groups excluding carboxylic acids is 2. The molecule has 0 atom stereocenters. The molecule has 0 unspecified atom stereocenters. The van der Waals surface area contributed by atoms with Crippen LogP contribution in [-0.2, 0) is 9.53 Å². The van der Waals surface area contributed by atoms with Gasteiger partial charge in [0.15, 0.2) is 6.61 Å². The molecule has 1 aromatic carbocycles. The third-order valence-electron chi connectivity index (χ3n) is 3.80. The second-order valence-corrected chi connectivity index (χ2v) is 5.79. The predicted octanol–water partition coefficient (Wildman–Crippen LogP) is 2.13. The summed E-state index contributed by atoms with van der Waals surface area (Å²) in [6.45, 7) is 3.66. The summed E-state index contributed by atoms with van der Waals surface area (Å²) in [6.07, 6.45) is 2.01. The molecule has 1 aromatic heterocycles. The SMILES string of the molecule is Cc1nc(-c2ccc(C(=O)OCC(=O)NC3CC3)cc2)[nH]c1C. The van der Waals surface area contributed by atoms with Crippen molar-refractivity contribution < 1.29 is 14.3 Å². The van der Waals surface area contributed by atoms with E-state index in [9.17, 15) is 9.59 Å². The van der Waals surface area contributed by atoms with Crippen LogP contribution in [0, 0.1) is 13.8 Å². The number of esters is 1. The number of rotatable bonds is 5. The molecule has 1 aliphatic carbocycles. The monoisotopic (exact) mass is 313 g/mol. The van der Waals surface area contributed by atoms with Crippen LogP contribution in [0.1, 0.15) is 34.6 Å². The fourth-order valence-electron chi connectivity index (χ4n) is 2.16. The van der Waals surface area contributed by atoms with E-state index in [1.54, 1.807) is 24.3 Å². The van der Waals surface area contributed by atoms with E-state index < -0.39 is 5.97 Å². The molecule has 0 aliphatic heterocycles. The van der Waals surface area contributed by atoms with Crippen molar-refractivity contribution in [1.82, 2.24) is 15.3 Å². The molecule has 1 saturated carbocycles. The fourth-order valence-corrected chi connectivity index (χ4v) is 2.16. The molecule has 1 amide bonds. The maximum Gasteiger partial charge on any atom is 0.338 e. The zero-order chi connectivity index (χ0) is 16.4. The average Bonchev–Trinajstić information content (AvgIpc) is 3.29. The Balaban J connectivity index is 1.59. The molecule has 1 fully saturated rings. The lowest BCUT2D eigenvalue weighted by Gasteiger charge is -2.06. The Hall–Kier alpha value is -2.63. The van der Waals surface area contributed by atoms with Gasteiger partial charge in [0.05, 0.1) is 11.3 Å². The second-order valence-electron chi connectivity index (χ2n) is 5.79. The summed E-state index contributed by atoms with van der Waals surface area (Å²) < 4.78 is 5.01. The van der Waals surface area contributed by atoms with Gasteiger partial charge in [0, 0.05) is 17.3 Å². The van der Waals surface area contributed by atoms with Crippen LogP contribution in [0.2, 0.25) is 0 Å². The van der Waals surface area contributed by atoms with Crippen molar-refractivity contribution in [3.63, 3.8) is 0 Å². The van der Waals surface area contributed by atoms with Gasteiger partial charge in [-0.25, -0.2) is 9.78 Å². The molecule has 6 heteroatoms. The number of hydrogen-bond donors (Lipinski definition) is 2. The number of amides is 1. The van der Waals surface area contributed by atoms with Gasteiger partial charge in [0.1, 0.15) is 5.82 Å². The first-order chi connectivity index (χ1) is 11.0. The Bertz CT molecular complexity index is 711. The van der Waals surface area contributed by atoms with Gasteiger partial charge in [-0.15, -0.1) is 0 Å². The molecular formula is C17H19N3O3. The number of ether oxygens (including phenoxy) is 1. The van der Waals surface area contributed by atoms with Crippen molar-refractivity contribution in [1.29, 1.82) is 0 Å². The minimum atomic E-state index is -0.505. The molecule has 1 aliphatic rings. The van der Waals surface area contributed by atoms with Gasteiger partial charge in [-0.05, 0) is 38.8 Å². The van der Waals surface area contributed by atoms with Gasteiger partial charge in [0.2, 0.25) is 0 Å². The molecule has 0 saturated heterocycles. The molecule has 2 N–H and O–H groups in total. The number of benzene rings is 1. The molecule has 0 bridgehead atoms. The number of nitrogens with zero attached hydrogens (tertiary/aromatic N) is 1. The first-order valence-corrected chi connectivity index (χ1v) is 7.63. The van der Waals surface area contributed by atoms with E-state index in [-0.39, 0.29) is 18.6 Å². The summed E-state index contributed by atoms with van der Waals surface area (Å²) in [5.41, 5.74) is 3.27. The number of nitrogens with one attached hydrogen (secondary N) is 2. The summed E-state index contributed by atoms with van der Waals surface area (Å²) >= 11 is 0. The topological polar surface area (TPSA) is 84.1 Å². The average molecular weight is 313 g/mol. The lowest BCUT2D eigenvalue weighted by molar-refractivity contribution is -0.124. The Morgan fingerprint density at radius 3 is 2.52 bits per heavy atom. The minimum absolute atomic E-state index is 0.242. The van der Waals surface area contributed by atoms with Gasteiger partial charge >= 0.3 is 5.97 Å². The highest BCUT2D eigenvalue weighted by atomic mass is 16.5. The zero-order valence-corrected chi connectivity index (χ0v) is 13.2. The molecule has 2 aromatic rings. The first-order valence-electron chi connectivity index (χ1n) is 7.63. The third-order valence-corrected chi connectivity index (χ3v) is 3.80. The van der Waals surface area contributed by atoms with E-state index in [4.69, 9.17) is 4.74 Å². The highest BCUT2D eigenvalue weighted by Gasteiger charge is 2.23. The van der Waals surface area contributed by atoms with Gasteiger partial charge in [-0.3, -0.25) is 4.79 Å². The van der Waals surface area contributed by atoms with E-state index in [1.807, 2.05) is 13.8 Å². The van der Waals surface area contributed by atoms with E-state index in [2.05, 4.69) is 15.3 Å². The molecule has 0 radical (unpaired) electrons. The van der Waals surface area contributed by atoms with Crippen LogP contribution in [0.5, 0.6) is 0 Å². The van der Waals surface area contributed by atoms with E-state index in [0.29, 0.717) is 5.56 Å². The summed E-state index contributed by atoms with van der Waals surface area (Å²) in [6, 6.07) is 7.21. The normalized spacial score (nSPS) is 13.7. The summed E-state index contributed by atoms with van der Waals surface area (Å²) in [5.74, 6) is 0.0111. The Kier molecular flexibility index (Phi) is 4.14. The van der Waals surface area contributed by atoms with Crippen LogP contribution >= 0.6 is 0 Å². The molecular weight excluding hydrogens is 294 g/mol. The number of H-pyrrole nitrogens is 1. The van der Waals surface area contributed by atoms with Crippen LogP contribution in [0.4, 0.5) is 0 Å². The van der Waals surface area contributed by atoms with Crippen LogP contribution in [-0.4, -0.2) is 34.5 Å². The lowest BCUT2D eigenvalue weighted by Crippen LogP contribution is -2.30. The van der Waals surface area contributed by atoms with Crippen molar-refractivity contribution >= 4 is 11.9 Å². The Labute approximate surface area is 134 Å². The van der Waals surface area contributed by atoms with Crippen molar-refractivity contribution in [2.24, 2.45) is 0 Å². The summed E-state index contributed by atoms with van der Waals surface area (Å²) in [5, 5.41) is 2.77. The summed E-state index contributed by atoms with van der Waals surface area (Å²) in [4.78, 5) is 31.0. The first kappa shape index (κ1) is 15.3. The van der Waals surface area contributed by atoms with Crippen molar-refractivity contribution in [3.05, 3.63) is 41.2 Å².